The molecule has 1 aromatic carbocycles. The van der Waals surface area contributed by atoms with Crippen molar-refractivity contribution in [1.82, 2.24) is 0 Å². The number of aliphatic hydroxyl groups is 1. The summed E-state index contributed by atoms with van der Waals surface area (Å²) in [7, 11) is 0. The molecule has 3 heteroatoms. The molecule has 1 unspecified atom stereocenters. The summed E-state index contributed by atoms with van der Waals surface area (Å²) in [4.78, 5) is 10.9. The van der Waals surface area contributed by atoms with E-state index in [2.05, 4.69) is 0 Å². The summed E-state index contributed by atoms with van der Waals surface area (Å²) in [5.41, 5.74) is 1.77. The van der Waals surface area contributed by atoms with Gasteiger partial charge in [0.1, 0.15) is 0 Å². The zero-order valence-electron chi connectivity index (χ0n) is 8.66. The quantitative estimate of drug-likeness (QED) is 0.728. The number of hydrogen-bond donors (Lipinski definition) is 2. The summed E-state index contributed by atoms with van der Waals surface area (Å²) < 4.78 is 0. The van der Waals surface area contributed by atoms with Gasteiger partial charge in [-0.3, -0.25) is 0 Å². The summed E-state index contributed by atoms with van der Waals surface area (Å²) in [5, 5.41) is 18.8. The largest absolute Gasteiger partial charge is 0.479 e. The van der Waals surface area contributed by atoms with Crippen molar-refractivity contribution in [3.05, 3.63) is 34.9 Å². The Kier molecular flexibility index (Phi) is 2.27. The molecule has 1 aliphatic carbocycles. The van der Waals surface area contributed by atoms with Gasteiger partial charge in [-0.15, -0.1) is 0 Å². The molecule has 0 aromatic heterocycles. The third-order valence-electron chi connectivity index (χ3n) is 3.18. The molecule has 2 N–H and O–H groups in total. The normalized spacial score (nSPS) is 24.7. The molecule has 3 nitrogen and oxygen atoms in total. The summed E-state index contributed by atoms with van der Waals surface area (Å²) in [6, 6.07) is 5.82. The van der Waals surface area contributed by atoms with Crippen molar-refractivity contribution in [2.45, 2.75) is 31.8 Å². The molecule has 15 heavy (non-hydrogen) atoms. The van der Waals surface area contributed by atoms with E-state index in [0.29, 0.717) is 12.8 Å². The zero-order chi connectivity index (χ0) is 11.1. The smallest absolute Gasteiger partial charge is 0.336 e. The fourth-order valence-corrected chi connectivity index (χ4v) is 2.20. The van der Waals surface area contributed by atoms with Crippen LogP contribution < -0.4 is 0 Å². The van der Waals surface area contributed by atoms with Gasteiger partial charge < -0.3 is 10.2 Å². The van der Waals surface area contributed by atoms with Gasteiger partial charge in [-0.2, -0.15) is 0 Å². The predicted octanol–water partition coefficient (Wildman–Crippen LogP) is 1.30. The molecule has 0 aliphatic heterocycles. The highest BCUT2D eigenvalue weighted by molar-refractivity contribution is 5.78. The van der Waals surface area contributed by atoms with Crippen molar-refractivity contribution in [1.29, 1.82) is 0 Å². The lowest BCUT2D eigenvalue weighted by Gasteiger charge is -2.30. The number of carboxylic acid groups (broad SMARTS) is 1. The minimum atomic E-state index is -1.57. The first-order chi connectivity index (χ1) is 7.03. The highest BCUT2D eigenvalue weighted by Gasteiger charge is 2.39. The number of rotatable bonds is 1. The SMILES string of the molecule is Cc1cccc2c1CCC(O)(C(=O)O)C2. The summed E-state index contributed by atoms with van der Waals surface area (Å²) >= 11 is 0. The fraction of sp³-hybridized carbons (Fsp3) is 0.417. The van der Waals surface area contributed by atoms with Gasteiger partial charge in [-0.05, 0) is 36.5 Å². The molecule has 0 amide bonds. The van der Waals surface area contributed by atoms with Gasteiger partial charge >= 0.3 is 5.97 Å². The molecule has 1 atom stereocenters. The number of carboxylic acids is 1. The molecular weight excluding hydrogens is 192 g/mol. The van der Waals surface area contributed by atoms with E-state index in [1.54, 1.807) is 0 Å². The highest BCUT2D eigenvalue weighted by atomic mass is 16.4. The Morgan fingerprint density at radius 1 is 1.47 bits per heavy atom. The van der Waals surface area contributed by atoms with E-state index in [-0.39, 0.29) is 6.42 Å². The molecule has 0 fully saturated rings. The molecule has 0 spiro atoms. The first-order valence-corrected chi connectivity index (χ1v) is 5.06. The average Bonchev–Trinajstić information content (AvgIpc) is 2.17. The van der Waals surface area contributed by atoms with Crippen LogP contribution in [0, 0.1) is 6.92 Å². The topological polar surface area (TPSA) is 57.5 Å². The van der Waals surface area contributed by atoms with Crippen LogP contribution in [-0.2, 0) is 17.6 Å². The summed E-state index contributed by atoms with van der Waals surface area (Å²) in [6.07, 6.45) is 1.17. The predicted molar refractivity (Wildman–Crippen MR) is 55.8 cm³/mol. The lowest BCUT2D eigenvalue weighted by atomic mass is 9.79. The van der Waals surface area contributed by atoms with E-state index < -0.39 is 11.6 Å². The summed E-state index contributed by atoms with van der Waals surface area (Å²) in [5.74, 6) is -1.12. The minimum Gasteiger partial charge on any atom is -0.479 e. The van der Waals surface area contributed by atoms with E-state index in [4.69, 9.17) is 5.11 Å². The molecule has 0 bridgehead atoms. The molecule has 0 heterocycles. The van der Waals surface area contributed by atoms with E-state index in [1.165, 1.54) is 11.1 Å². The van der Waals surface area contributed by atoms with Crippen molar-refractivity contribution in [2.75, 3.05) is 0 Å². The maximum absolute atomic E-state index is 10.9. The Labute approximate surface area is 88.4 Å². The van der Waals surface area contributed by atoms with E-state index in [1.807, 2.05) is 25.1 Å². The standard InChI is InChI=1S/C12H14O3/c1-8-3-2-4-9-7-12(15,11(13)14)6-5-10(8)9/h2-4,15H,5-7H2,1H3,(H,13,14). The maximum atomic E-state index is 10.9. The van der Waals surface area contributed by atoms with Crippen LogP contribution in [0.4, 0.5) is 0 Å². The Morgan fingerprint density at radius 2 is 2.20 bits per heavy atom. The maximum Gasteiger partial charge on any atom is 0.336 e. The Morgan fingerprint density at radius 3 is 2.87 bits per heavy atom. The third-order valence-corrected chi connectivity index (χ3v) is 3.18. The number of hydrogen-bond acceptors (Lipinski definition) is 2. The lowest BCUT2D eigenvalue weighted by Crippen LogP contribution is -2.43. The molecule has 1 aromatic rings. The molecule has 80 valence electrons. The fourth-order valence-electron chi connectivity index (χ4n) is 2.20. The molecule has 0 saturated carbocycles. The number of aryl methyl sites for hydroxylation is 1. The van der Waals surface area contributed by atoms with Crippen LogP contribution in [0.5, 0.6) is 0 Å². The van der Waals surface area contributed by atoms with Crippen LogP contribution in [0.2, 0.25) is 0 Å². The zero-order valence-corrected chi connectivity index (χ0v) is 8.66. The van der Waals surface area contributed by atoms with Gasteiger partial charge in [0.25, 0.3) is 0 Å². The van der Waals surface area contributed by atoms with Crippen molar-refractivity contribution in [3.63, 3.8) is 0 Å². The second-order valence-electron chi connectivity index (χ2n) is 4.23. The first-order valence-electron chi connectivity index (χ1n) is 5.06. The first kappa shape index (κ1) is 10.2. The van der Waals surface area contributed by atoms with Crippen LogP contribution in [0.3, 0.4) is 0 Å². The second kappa shape index (κ2) is 3.35. The molecule has 0 saturated heterocycles. The summed E-state index contributed by atoms with van der Waals surface area (Å²) in [6.45, 7) is 2.02. The number of carbonyl (C=O) groups is 1. The highest BCUT2D eigenvalue weighted by Crippen LogP contribution is 2.30. The number of aliphatic carboxylic acids is 1. The van der Waals surface area contributed by atoms with Crippen LogP contribution in [-0.4, -0.2) is 21.8 Å². The van der Waals surface area contributed by atoms with Crippen LogP contribution >= 0.6 is 0 Å². The Bertz CT molecular complexity index is 411. The molecule has 2 rings (SSSR count). The van der Waals surface area contributed by atoms with Crippen LogP contribution in [0.1, 0.15) is 23.1 Å². The van der Waals surface area contributed by atoms with Gasteiger partial charge in [0.15, 0.2) is 5.60 Å². The monoisotopic (exact) mass is 206 g/mol. The van der Waals surface area contributed by atoms with E-state index in [0.717, 1.165) is 5.56 Å². The third kappa shape index (κ3) is 1.63. The van der Waals surface area contributed by atoms with Gasteiger partial charge in [0.2, 0.25) is 0 Å². The Balaban J connectivity index is 2.39. The molecule has 1 aliphatic rings. The van der Waals surface area contributed by atoms with Crippen molar-refractivity contribution < 1.29 is 15.0 Å². The van der Waals surface area contributed by atoms with Crippen LogP contribution in [0.15, 0.2) is 18.2 Å². The van der Waals surface area contributed by atoms with Crippen molar-refractivity contribution >= 4 is 5.97 Å². The van der Waals surface area contributed by atoms with Gasteiger partial charge in [-0.1, -0.05) is 18.2 Å². The van der Waals surface area contributed by atoms with Crippen LogP contribution in [0.25, 0.3) is 0 Å². The average molecular weight is 206 g/mol. The lowest BCUT2D eigenvalue weighted by molar-refractivity contribution is -0.159. The van der Waals surface area contributed by atoms with Gasteiger partial charge in [0, 0.05) is 6.42 Å². The number of fused-ring (bicyclic) bond motifs is 1. The second-order valence-corrected chi connectivity index (χ2v) is 4.23. The Hall–Kier alpha value is -1.35. The van der Waals surface area contributed by atoms with Gasteiger partial charge in [0.05, 0.1) is 0 Å². The van der Waals surface area contributed by atoms with Gasteiger partial charge in [-0.25, -0.2) is 4.79 Å². The molecule has 0 radical (unpaired) electrons. The van der Waals surface area contributed by atoms with Crippen molar-refractivity contribution in [2.24, 2.45) is 0 Å². The minimum absolute atomic E-state index is 0.222. The molecular formula is C12H14O3. The van der Waals surface area contributed by atoms with E-state index >= 15 is 0 Å². The van der Waals surface area contributed by atoms with E-state index in [9.17, 15) is 9.90 Å². The number of benzene rings is 1. The van der Waals surface area contributed by atoms with Crippen molar-refractivity contribution in [3.8, 4) is 0 Å².